The molecule has 0 spiro atoms. The predicted molar refractivity (Wildman–Crippen MR) is 160 cm³/mol. The predicted octanol–water partition coefficient (Wildman–Crippen LogP) is 10.6. The summed E-state index contributed by atoms with van der Waals surface area (Å²) in [6.07, 6.45) is -0.372. The van der Waals surface area contributed by atoms with Crippen LogP contribution in [0.15, 0.2) is 51.1 Å². The minimum absolute atomic E-state index is 0.186. The number of alkyl halides is 4. The summed E-state index contributed by atoms with van der Waals surface area (Å²) in [5.74, 6) is -1.21. The van der Waals surface area contributed by atoms with Crippen LogP contribution in [0.3, 0.4) is 0 Å². The fourth-order valence-electron chi connectivity index (χ4n) is 2.20. The Kier molecular flexibility index (Phi) is 12.0. The summed E-state index contributed by atoms with van der Waals surface area (Å²) in [4.78, 5) is 24.8. The van der Waals surface area contributed by atoms with Crippen LogP contribution >= 0.6 is 159 Å². The Morgan fingerprint density at radius 2 is 0.906 bits per heavy atom. The fourth-order valence-corrected chi connectivity index (χ4v) is 8.45. The van der Waals surface area contributed by atoms with Gasteiger partial charge in [-0.25, -0.2) is 0 Å². The largest absolute Gasteiger partial charge is 0.433 e. The average molecular weight is 1090 g/mol. The van der Waals surface area contributed by atoms with E-state index >= 15 is 0 Å². The molecule has 0 aromatic heterocycles. The van der Waals surface area contributed by atoms with E-state index in [2.05, 4.69) is 159 Å². The molecule has 32 heavy (non-hydrogen) atoms. The van der Waals surface area contributed by atoms with Gasteiger partial charge in [-0.05, 0) is 171 Å². The highest BCUT2D eigenvalue weighted by Gasteiger charge is 2.35. The van der Waals surface area contributed by atoms with E-state index in [0.29, 0.717) is 20.1 Å². The quantitative estimate of drug-likeness (QED) is 0.158. The minimum atomic E-state index is -1.29. The molecule has 0 bridgehead atoms. The summed E-state index contributed by atoms with van der Waals surface area (Å²) >= 11 is 34.1. The maximum atomic E-state index is 12.4. The van der Waals surface area contributed by atoms with E-state index < -0.39 is 18.8 Å². The Bertz CT molecular complexity index is 971. The third-order valence-corrected chi connectivity index (χ3v) is 12.8. The molecular weight excluding hydrogens is 1080 g/mol. The molecule has 174 valence electrons. The smallest absolute Gasteiger partial charge is 0.308 e. The van der Waals surface area contributed by atoms with Crippen molar-refractivity contribution < 1.29 is 19.1 Å². The lowest BCUT2D eigenvalue weighted by molar-refractivity contribution is -0.153. The Labute approximate surface area is 268 Å². The Morgan fingerprint density at radius 3 is 1.22 bits per heavy atom. The maximum Gasteiger partial charge on any atom is 0.308 e. The van der Waals surface area contributed by atoms with Gasteiger partial charge >= 0.3 is 11.9 Å². The van der Waals surface area contributed by atoms with Crippen LogP contribution in [-0.4, -0.2) is 11.9 Å². The van der Waals surface area contributed by atoms with Crippen molar-refractivity contribution in [1.82, 2.24) is 0 Å². The highest BCUT2D eigenvalue weighted by molar-refractivity contribution is 9.25. The van der Waals surface area contributed by atoms with Gasteiger partial charge in [0.1, 0.15) is 0 Å². The van der Waals surface area contributed by atoms with Crippen LogP contribution < -0.4 is 0 Å². The van der Waals surface area contributed by atoms with Gasteiger partial charge < -0.3 is 9.47 Å². The van der Waals surface area contributed by atoms with E-state index in [4.69, 9.17) is 9.47 Å². The number of halogens is 10. The fraction of sp³-hybridized carbons (Fsp3) is 0.222. The van der Waals surface area contributed by atoms with Crippen LogP contribution in [0.1, 0.15) is 24.0 Å². The van der Waals surface area contributed by atoms with Crippen molar-refractivity contribution in [3.8, 4) is 0 Å². The normalized spacial score (nSPS) is 11.9. The number of ether oxygens (including phenoxy) is 2. The molecule has 2 aromatic rings. The number of benzene rings is 2. The van der Waals surface area contributed by atoms with Gasteiger partial charge in [0.2, 0.25) is 6.84 Å². The van der Waals surface area contributed by atoms with Crippen molar-refractivity contribution in [3.05, 3.63) is 62.2 Å². The zero-order chi connectivity index (χ0) is 24.4. The third kappa shape index (κ3) is 7.84. The molecule has 0 amide bonds. The summed E-state index contributed by atoms with van der Waals surface area (Å²) < 4.78 is 13.0. The van der Waals surface area contributed by atoms with E-state index in [1.54, 1.807) is 24.3 Å². The molecule has 0 unspecified atom stereocenters. The molecule has 0 atom stereocenters. The Morgan fingerprint density at radius 1 is 0.594 bits per heavy atom. The van der Waals surface area contributed by atoms with Crippen molar-refractivity contribution in [2.75, 3.05) is 0 Å². The van der Waals surface area contributed by atoms with Crippen molar-refractivity contribution in [2.24, 2.45) is 0 Å². The van der Waals surface area contributed by atoms with E-state index in [-0.39, 0.29) is 12.8 Å². The molecule has 0 saturated carbocycles. The van der Waals surface area contributed by atoms with Gasteiger partial charge in [0.25, 0.3) is 0 Å². The first-order valence-corrected chi connectivity index (χ1v) is 16.1. The maximum absolute atomic E-state index is 12.4. The molecule has 0 radical (unpaired) electrons. The lowest BCUT2D eigenvalue weighted by atomic mass is 10.2. The van der Waals surface area contributed by atoms with Gasteiger partial charge in [0.05, 0.1) is 12.8 Å². The molecular formula is C18H8Br10O4. The number of rotatable bonds is 7. The van der Waals surface area contributed by atoms with Crippen molar-refractivity contribution in [2.45, 2.75) is 19.7 Å². The van der Waals surface area contributed by atoms with Crippen LogP contribution in [0.5, 0.6) is 0 Å². The topological polar surface area (TPSA) is 52.6 Å². The monoisotopic (exact) mass is 1080 g/mol. The first-order valence-electron chi connectivity index (χ1n) is 8.14. The van der Waals surface area contributed by atoms with E-state index in [1.807, 2.05) is 0 Å². The van der Waals surface area contributed by atoms with Crippen LogP contribution in [0.25, 0.3) is 0 Å². The van der Waals surface area contributed by atoms with Gasteiger partial charge in [-0.1, -0.05) is 12.1 Å². The van der Waals surface area contributed by atoms with Crippen LogP contribution in [-0.2, 0) is 25.9 Å². The molecule has 2 rings (SSSR count). The molecule has 0 aliphatic carbocycles. The number of hydrogen-bond acceptors (Lipinski definition) is 4. The Hall–Kier alpha value is 2.18. The van der Waals surface area contributed by atoms with E-state index in [0.717, 1.165) is 17.9 Å². The second-order valence-corrected chi connectivity index (χ2v) is 17.4. The molecule has 0 heterocycles. The summed E-state index contributed by atoms with van der Waals surface area (Å²) in [5, 5.41) is 0. The zero-order valence-corrected chi connectivity index (χ0v) is 31.0. The first kappa shape index (κ1) is 30.4. The molecule has 4 nitrogen and oxygen atoms in total. The lowest BCUT2D eigenvalue weighted by Gasteiger charge is -2.24. The third-order valence-electron chi connectivity index (χ3n) is 3.71. The molecule has 0 N–H and O–H groups in total. The van der Waals surface area contributed by atoms with Gasteiger partial charge in [0.15, 0.2) is 0 Å². The van der Waals surface area contributed by atoms with Crippen LogP contribution in [0.4, 0.5) is 0 Å². The zero-order valence-electron chi connectivity index (χ0n) is 15.1. The molecule has 0 aliphatic rings. The number of carbonyl (C=O) groups excluding carboxylic acids is 2. The van der Waals surface area contributed by atoms with Crippen molar-refractivity contribution in [3.63, 3.8) is 0 Å². The summed E-state index contributed by atoms with van der Waals surface area (Å²) in [5.41, 5.74) is 1.24. The number of carbonyl (C=O) groups is 2. The van der Waals surface area contributed by atoms with E-state index in [9.17, 15) is 9.59 Å². The minimum Gasteiger partial charge on any atom is -0.433 e. The second-order valence-electron chi connectivity index (χ2n) is 5.93. The first-order chi connectivity index (χ1) is 14.7. The summed E-state index contributed by atoms with van der Waals surface area (Å²) in [7, 11) is 0. The second kappa shape index (κ2) is 12.6. The van der Waals surface area contributed by atoms with Gasteiger partial charge in [-0.3, -0.25) is 9.59 Å². The molecule has 0 fully saturated rings. The van der Waals surface area contributed by atoms with Crippen molar-refractivity contribution >= 4 is 171 Å². The standard InChI is InChI=1S/C18H8Br10O4/c19-9-3-1-7(13(21)15(9)23)17(25,26)31-11(29)5-6-12(30)32-18(27,28)8-2-4-10(20)16(24)14(8)22/h1-4H,5-6H2. The van der Waals surface area contributed by atoms with Gasteiger partial charge in [-0.2, -0.15) is 0 Å². The lowest BCUT2D eigenvalue weighted by Crippen LogP contribution is -2.23. The highest BCUT2D eigenvalue weighted by Crippen LogP contribution is 2.48. The average Bonchev–Trinajstić information content (AvgIpc) is 2.67. The summed E-state index contributed by atoms with van der Waals surface area (Å²) in [6.45, 7) is 0. The van der Waals surface area contributed by atoms with Gasteiger partial charge in [0, 0.05) is 38.0 Å². The molecule has 0 aliphatic heterocycles. The molecule has 2 aromatic carbocycles. The van der Waals surface area contributed by atoms with Crippen LogP contribution in [0, 0.1) is 0 Å². The van der Waals surface area contributed by atoms with Crippen LogP contribution in [0.2, 0.25) is 0 Å². The van der Waals surface area contributed by atoms with Gasteiger partial charge in [-0.15, -0.1) is 0 Å². The summed E-state index contributed by atoms with van der Waals surface area (Å²) in [6, 6.07) is 7.14. The number of esters is 2. The SMILES string of the molecule is O=C(CCC(=O)OC(Br)(Br)c1ccc(Br)c(Br)c1Br)OC(Br)(Br)c1ccc(Br)c(Br)c1Br. The Balaban J connectivity index is 2.01. The highest BCUT2D eigenvalue weighted by atomic mass is 79.9. The number of hydrogen-bond donors (Lipinski definition) is 0. The molecule has 14 heteroatoms. The molecule has 0 saturated heterocycles. The van der Waals surface area contributed by atoms with E-state index in [1.165, 1.54) is 0 Å². The van der Waals surface area contributed by atoms with Crippen molar-refractivity contribution in [1.29, 1.82) is 0 Å².